The van der Waals surface area contributed by atoms with Crippen LogP contribution >= 0.6 is 11.5 Å². The molecule has 15 heavy (non-hydrogen) atoms. The van der Waals surface area contributed by atoms with Crippen LogP contribution in [0.1, 0.15) is 5.56 Å². The summed E-state index contributed by atoms with van der Waals surface area (Å²) in [5.41, 5.74) is 1.56. The van der Waals surface area contributed by atoms with E-state index in [2.05, 4.69) is 4.37 Å². The third kappa shape index (κ3) is 3.27. The van der Waals surface area contributed by atoms with Crippen LogP contribution in [0.3, 0.4) is 0 Å². The van der Waals surface area contributed by atoms with Gasteiger partial charge in [-0.1, -0.05) is 42.1 Å². The van der Waals surface area contributed by atoms with Crippen molar-refractivity contribution in [1.29, 1.82) is 0 Å². The van der Waals surface area contributed by atoms with Gasteiger partial charge in [-0.15, -0.1) is 17.1 Å². The average molecular weight is 441 g/mol. The van der Waals surface area contributed by atoms with Crippen molar-refractivity contribution in [3.63, 3.8) is 0 Å². The third-order valence-electron chi connectivity index (χ3n) is 1.72. The van der Waals surface area contributed by atoms with Gasteiger partial charge in [0, 0.05) is 0 Å². The molecule has 0 amide bonds. The maximum Gasteiger partial charge on any atom is 2.00 e. The van der Waals surface area contributed by atoms with E-state index in [9.17, 15) is 4.79 Å². The SMILES string of the molecule is O=[C-]c1cnsc1-c1ccccc1.[CH3-].[U+2]. The Hall–Kier alpha value is -0.428. The normalized spacial score (nSPS) is 8.53. The van der Waals surface area contributed by atoms with E-state index in [0.717, 1.165) is 10.4 Å². The largest absolute Gasteiger partial charge is 2.00 e. The molecule has 0 aliphatic carbocycles. The van der Waals surface area contributed by atoms with Gasteiger partial charge >= 0.3 is 31.1 Å². The topological polar surface area (TPSA) is 30.0 Å². The molecule has 1 aromatic heterocycles. The molecule has 4 heteroatoms. The van der Waals surface area contributed by atoms with Crippen molar-refractivity contribution >= 4 is 17.8 Å². The first-order valence-corrected chi connectivity index (χ1v) is 4.57. The molecule has 0 atom stereocenters. The van der Waals surface area contributed by atoms with Crippen molar-refractivity contribution in [2.75, 3.05) is 0 Å². The third-order valence-corrected chi connectivity index (χ3v) is 2.57. The Bertz CT molecular complexity index is 414. The minimum Gasteiger partial charge on any atom is -0.376 e. The molecule has 2 nitrogen and oxygen atoms in total. The van der Waals surface area contributed by atoms with Crippen LogP contribution in [0.5, 0.6) is 0 Å². The van der Waals surface area contributed by atoms with E-state index in [1.807, 2.05) is 36.6 Å². The molecule has 2 aromatic rings. The van der Waals surface area contributed by atoms with Crippen LogP contribution in [0.15, 0.2) is 36.5 Å². The average Bonchev–Trinajstić information content (AvgIpc) is 2.67. The summed E-state index contributed by atoms with van der Waals surface area (Å²) in [6.45, 7) is 0. The zero-order valence-electron chi connectivity index (χ0n) is 8.23. The van der Waals surface area contributed by atoms with Crippen LogP contribution in [-0.4, -0.2) is 10.7 Å². The predicted molar refractivity (Wildman–Crippen MR) is 58.8 cm³/mol. The Morgan fingerprint density at radius 1 is 1.20 bits per heavy atom. The molecule has 0 saturated carbocycles. The monoisotopic (exact) mass is 441 g/mol. The fraction of sp³-hybridized carbons (Fsp3) is 0. The molecule has 1 heterocycles. The van der Waals surface area contributed by atoms with Crippen molar-refractivity contribution in [2.45, 2.75) is 0 Å². The fourth-order valence-corrected chi connectivity index (χ4v) is 1.81. The van der Waals surface area contributed by atoms with E-state index in [-0.39, 0.29) is 38.5 Å². The molecule has 0 radical (unpaired) electrons. The number of hydrogen-bond donors (Lipinski definition) is 0. The standard InChI is InChI=1S/C10H6NOS.CH3.U/c12-7-9-6-11-13-10(9)8-4-2-1-3-5-8;;/h1-6H;1H3;/q2*-1;+2. The molecule has 0 unspecified atom stereocenters. The van der Waals surface area contributed by atoms with E-state index >= 15 is 0 Å². The van der Waals surface area contributed by atoms with Gasteiger partial charge in [0.15, 0.2) is 0 Å². The summed E-state index contributed by atoms with van der Waals surface area (Å²) < 4.78 is 3.95. The summed E-state index contributed by atoms with van der Waals surface area (Å²) >= 11 is 1.31. The van der Waals surface area contributed by atoms with Gasteiger partial charge < -0.3 is 12.2 Å². The van der Waals surface area contributed by atoms with Crippen molar-refractivity contribution in [3.8, 4) is 10.4 Å². The van der Waals surface area contributed by atoms with Crippen molar-refractivity contribution in [2.24, 2.45) is 0 Å². The summed E-state index contributed by atoms with van der Waals surface area (Å²) in [5, 5.41) is 0. The second-order valence-corrected chi connectivity index (χ2v) is 3.34. The first-order valence-electron chi connectivity index (χ1n) is 3.80. The van der Waals surface area contributed by atoms with Gasteiger partial charge in [-0.3, -0.25) is 4.37 Å². The fourth-order valence-electron chi connectivity index (χ4n) is 1.11. The van der Waals surface area contributed by atoms with E-state index in [1.165, 1.54) is 11.5 Å². The summed E-state index contributed by atoms with van der Waals surface area (Å²) in [6.07, 6.45) is 3.41. The molecule has 0 bridgehead atoms. The van der Waals surface area contributed by atoms with E-state index in [1.54, 1.807) is 6.20 Å². The second kappa shape index (κ2) is 6.95. The first-order chi connectivity index (χ1) is 6.42. The van der Waals surface area contributed by atoms with Crippen LogP contribution in [0.2, 0.25) is 0 Å². The summed E-state index contributed by atoms with van der Waals surface area (Å²) in [7, 11) is 0. The molecule has 1 aromatic carbocycles. The molecule has 0 spiro atoms. The van der Waals surface area contributed by atoms with Gasteiger partial charge in [0.1, 0.15) is 0 Å². The van der Waals surface area contributed by atoms with E-state index in [0.29, 0.717) is 5.56 Å². The zero-order valence-corrected chi connectivity index (χ0v) is 13.2. The van der Waals surface area contributed by atoms with Crippen LogP contribution < -0.4 is 0 Å². The first kappa shape index (κ1) is 14.6. The Morgan fingerprint density at radius 3 is 2.47 bits per heavy atom. The van der Waals surface area contributed by atoms with Crippen molar-refractivity contribution in [3.05, 3.63) is 49.5 Å². The summed E-state index contributed by atoms with van der Waals surface area (Å²) in [6, 6.07) is 9.71. The molecule has 0 N–H and O–H groups in total. The molecule has 0 fully saturated rings. The molecule has 2 rings (SSSR count). The molecule has 0 aliphatic rings. The molecular weight excluding hydrogens is 432 g/mol. The van der Waals surface area contributed by atoms with Crippen LogP contribution in [0.25, 0.3) is 10.4 Å². The number of hydrogen-bond acceptors (Lipinski definition) is 3. The van der Waals surface area contributed by atoms with Gasteiger partial charge in [-0.25, -0.2) is 0 Å². The Balaban J connectivity index is 0.000000980. The maximum absolute atomic E-state index is 10.5. The van der Waals surface area contributed by atoms with Crippen LogP contribution in [-0.2, 0) is 4.79 Å². The number of benzene rings is 1. The van der Waals surface area contributed by atoms with Crippen LogP contribution in [0, 0.1) is 38.5 Å². The minimum atomic E-state index is 0. The van der Waals surface area contributed by atoms with E-state index in [4.69, 9.17) is 0 Å². The maximum atomic E-state index is 10.5. The molecular formula is C11H9NOSU. The van der Waals surface area contributed by atoms with Gasteiger partial charge in [-0.05, 0) is 4.88 Å². The Kier molecular flexibility index (Phi) is 6.75. The number of carbonyl (C=O) groups excluding carboxylic acids is 1. The molecule has 0 aliphatic heterocycles. The number of aromatic nitrogens is 1. The Labute approximate surface area is 117 Å². The number of rotatable bonds is 2. The quantitative estimate of drug-likeness (QED) is 0.672. The number of nitrogens with zero attached hydrogens (tertiary/aromatic N) is 1. The molecule has 74 valence electrons. The second-order valence-electron chi connectivity index (χ2n) is 2.54. The minimum absolute atomic E-state index is 0. The summed E-state index contributed by atoms with van der Waals surface area (Å²) in [5.74, 6) is 0. The van der Waals surface area contributed by atoms with Gasteiger partial charge in [0.25, 0.3) is 0 Å². The summed E-state index contributed by atoms with van der Waals surface area (Å²) in [4.78, 5) is 11.4. The van der Waals surface area contributed by atoms with Crippen molar-refractivity contribution in [1.82, 2.24) is 4.37 Å². The zero-order chi connectivity index (χ0) is 9.10. The van der Waals surface area contributed by atoms with Gasteiger partial charge in [-0.2, -0.15) is 0 Å². The van der Waals surface area contributed by atoms with Gasteiger partial charge in [0.2, 0.25) is 0 Å². The van der Waals surface area contributed by atoms with E-state index < -0.39 is 0 Å². The predicted octanol–water partition coefficient (Wildman–Crippen LogP) is 2.72. The Morgan fingerprint density at radius 2 is 1.87 bits per heavy atom. The van der Waals surface area contributed by atoms with Gasteiger partial charge in [0.05, 0.1) is 6.29 Å². The molecule has 0 saturated heterocycles. The smallest absolute Gasteiger partial charge is 0.376 e. The van der Waals surface area contributed by atoms with Crippen molar-refractivity contribution < 1.29 is 35.9 Å². The van der Waals surface area contributed by atoms with Crippen LogP contribution in [0.4, 0.5) is 0 Å².